The Morgan fingerprint density at radius 2 is 2.00 bits per heavy atom. The molecule has 0 amide bonds. The number of rotatable bonds is 7. The van der Waals surface area contributed by atoms with Crippen LogP contribution in [0.2, 0.25) is 0 Å². The topological polar surface area (TPSA) is 41.3 Å². The van der Waals surface area contributed by atoms with Gasteiger partial charge in [0.1, 0.15) is 0 Å². The monoisotopic (exact) mass is 213 g/mol. The van der Waals surface area contributed by atoms with Crippen molar-refractivity contribution in [2.24, 2.45) is 5.73 Å². The molecular weight excluding hydrogens is 186 g/mol. The zero-order valence-corrected chi connectivity index (χ0v) is 10.2. The molecule has 0 saturated carbocycles. The first kappa shape index (κ1) is 12.9. The molecule has 1 unspecified atom stereocenters. The molecule has 0 aromatic heterocycles. The molecule has 0 bridgehead atoms. The van der Waals surface area contributed by atoms with Crippen LogP contribution >= 0.6 is 0 Å². The number of hydrogen-bond donors (Lipinski definition) is 2. The molecule has 0 spiro atoms. The second-order valence-electron chi connectivity index (χ2n) is 4.69. The van der Waals surface area contributed by atoms with E-state index in [1.165, 1.54) is 45.3 Å². The first-order chi connectivity index (χ1) is 7.33. The maximum atomic E-state index is 5.49. The van der Waals surface area contributed by atoms with Gasteiger partial charge in [0.05, 0.1) is 0 Å². The lowest BCUT2D eigenvalue weighted by Gasteiger charge is -2.27. The van der Waals surface area contributed by atoms with Crippen LogP contribution in [0.15, 0.2) is 0 Å². The van der Waals surface area contributed by atoms with E-state index in [2.05, 4.69) is 17.1 Å². The van der Waals surface area contributed by atoms with Crippen molar-refractivity contribution in [3.05, 3.63) is 0 Å². The van der Waals surface area contributed by atoms with Crippen molar-refractivity contribution in [2.75, 3.05) is 32.7 Å². The Balaban J connectivity index is 1.94. The quantitative estimate of drug-likeness (QED) is 0.667. The fraction of sp³-hybridized carbons (Fsp3) is 1.00. The lowest BCUT2D eigenvalue weighted by atomic mass is 10.1. The summed E-state index contributed by atoms with van der Waals surface area (Å²) in [7, 11) is 0. The van der Waals surface area contributed by atoms with Gasteiger partial charge in [-0.05, 0) is 52.2 Å². The average molecular weight is 213 g/mol. The van der Waals surface area contributed by atoms with Gasteiger partial charge in [0.2, 0.25) is 0 Å². The summed E-state index contributed by atoms with van der Waals surface area (Å²) in [6.07, 6.45) is 6.55. The summed E-state index contributed by atoms with van der Waals surface area (Å²) in [5.74, 6) is 0. The van der Waals surface area contributed by atoms with Crippen LogP contribution in [0.3, 0.4) is 0 Å². The van der Waals surface area contributed by atoms with Gasteiger partial charge in [-0.25, -0.2) is 0 Å². The van der Waals surface area contributed by atoms with Gasteiger partial charge < -0.3 is 16.0 Å². The molecule has 1 rings (SSSR count). The van der Waals surface area contributed by atoms with E-state index in [0.717, 1.165) is 19.5 Å². The highest BCUT2D eigenvalue weighted by molar-refractivity contribution is 4.67. The Bertz CT molecular complexity index is 144. The number of nitrogens with one attached hydrogen (secondary N) is 1. The lowest BCUT2D eigenvalue weighted by Crippen LogP contribution is -2.38. The van der Waals surface area contributed by atoms with Gasteiger partial charge >= 0.3 is 0 Å². The van der Waals surface area contributed by atoms with Crippen molar-refractivity contribution in [1.29, 1.82) is 0 Å². The van der Waals surface area contributed by atoms with Crippen molar-refractivity contribution in [2.45, 2.75) is 45.1 Å². The minimum Gasteiger partial charge on any atom is -0.330 e. The SMILES string of the molecule is CC(CCCN)NCCN1CCCCC1. The van der Waals surface area contributed by atoms with Gasteiger partial charge in [-0.15, -0.1) is 0 Å². The van der Waals surface area contributed by atoms with Crippen LogP contribution in [0.5, 0.6) is 0 Å². The van der Waals surface area contributed by atoms with Crippen molar-refractivity contribution in [3.8, 4) is 0 Å². The van der Waals surface area contributed by atoms with Crippen LogP contribution in [-0.4, -0.2) is 43.7 Å². The third kappa shape index (κ3) is 6.13. The second-order valence-corrected chi connectivity index (χ2v) is 4.69. The minimum atomic E-state index is 0.623. The van der Waals surface area contributed by atoms with E-state index in [-0.39, 0.29) is 0 Å². The number of nitrogens with two attached hydrogens (primary N) is 1. The zero-order chi connectivity index (χ0) is 10.9. The molecule has 0 radical (unpaired) electrons. The van der Waals surface area contributed by atoms with Crippen molar-refractivity contribution >= 4 is 0 Å². The van der Waals surface area contributed by atoms with E-state index in [0.29, 0.717) is 6.04 Å². The van der Waals surface area contributed by atoms with E-state index in [1.54, 1.807) is 0 Å². The number of likely N-dealkylation sites (tertiary alicyclic amines) is 1. The Morgan fingerprint density at radius 1 is 1.27 bits per heavy atom. The fourth-order valence-corrected chi connectivity index (χ4v) is 2.18. The molecule has 0 aliphatic carbocycles. The highest BCUT2D eigenvalue weighted by Crippen LogP contribution is 2.07. The van der Waals surface area contributed by atoms with Crippen LogP contribution in [0.25, 0.3) is 0 Å². The van der Waals surface area contributed by atoms with Gasteiger partial charge in [0.15, 0.2) is 0 Å². The van der Waals surface area contributed by atoms with Gasteiger partial charge in [-0.2, -0.15) is 0 Å². The zero-order valence-electron chi connectivity index (χ0n) is 10.2. The van der Waals surface area contributed by atoms with Crippen molar-refractivity contribution < 1.29 is 0 Å². The van der Waals surface area contributed by atoms with Gasteiger partial charge in [-0.3, -0.25) is 0 Å². The summed E-state index contributed by atoms with van der Waals surface area (Å²) in [6, 6.07) is 0.623. The molecule has 1 heterocycles. The molecule has 1 aliphatic rings. The highest BCUT2D eigenvalue weighted by Gasteiger charge is 2.09. The molecule has 0 aromatic rings. The fourth-order valence-electron chi connectivity index (χ4n) is 2.18. The molecule has 15 heavy (non-hydrogen) atoms. The minimum absolute atomic E-state index is 0.623. The summed E-state index contributed by atoms with van der Waals surface area (Å²) in [5.41, 5.74) is 5.49. The molecular formula is C12H27N3. The number of piperidine rings is 1. The molecule has 1 fully saturated rings. The summed E-state index contributed by atoms with van der Waals surface area (Å²) in [4.78, 5) is 2.58. The first-order valence-corrected chi connectivity index (χ1v) is 6.48. The van der Waals surface area contributed by atoms with Crippen molar-refractivity contribution in [3.63, 3.8) is 0 Å². The van der Waals surface area contributed by atoms with E-state index < -0.39 is 0 Å². The smallest absolute Gasteiger partial charge is 0.0107 e. The summed E-state index contributed by atoms with van der Waals surface area (Å²) >= 11 is 0. The van der Waals surface area contributed by atoms with Crippen LogP contribution < -0.4 is 11.1 Å². The van der Waals surface area contributed by atoms with Crippen LogP contribution in [0, 0.1) is 0 Å². The standard InChI is InChI=1S/C12H27N3/c1-12(6-5-7-13)14-8-11-15-9-3-2-4-10-15/h12,14H,2-11,13H2,1H3. The largest absolute Gasteiger partial charge is 0.330 e. The van der Waals surface area contributed by atoms with Crippen LogP contribution in [0.4, 0.5) is 0 Å². The Hall–Kier alpha value is -0.120. The molecule has 1 atom stereocenters. The van der Waals surface area contributed by atoms with Crippen LogP contribution in [-0.2, 0) is 0 Å². The number of nitrogens with zero attached hydrogens (tertiary/aromatic N) is 1. The highest BCUT2D eigenvalue weighted by atomic mass is 15.1. The predicted molar refractivity (Wildman–Crippen MR) is 66.0 cm³/mol. The molecule has 3 heteroatoms. The van der Waals surface area contributed by atoms with E-state index in [4.69, 9.17) is 5.73 Å². The Labute approximate surface area is 94.4 Å². The number of hydrogen-bond acceptors (Lipinski definition) is 3. The second kappa shape index (κ2) is 8.08. The van der Waals surface area contributed by atoms with Crippen molar-refractivity contribution in [1.82, 2.24) is 10.2 Å². The summed E-state index contributed by atoms with van der Waals surface area (Å²) < 4.78 is 0. The third-order valence-corrected chi connectivity index (χ3v) is 3.21. The average Bonchev–Trinajstić information content (AvgIpc) is 2.28. The van der Waals surface area contributed by atoms with E-state index in [9.17, 15) is 0 Å². The molecule has 1 aliphatic heterocycles. The molecule has 3 N–H and O–H groups in total. The first-order valence-electron chi connectivity index (χ1n) is 6.48. The Morgan fingerprint density at radius 3 is 2.67 bits per heavy atom. The molecule has 1 saturated heterocycles. The predicted octanol–water partition coefficient (Wildman–Crippen LogP) is 1.19. The van der Waals surface area contributed by atoms with E-state index in [1.807, 2.05) is 0 Å². The maximum Gasteiger partial charge on any atom is 0.0107 e. The maximum absolute atomic E-state index is 5.49. The normalized spacial score (nSPS) is 20.4. The lowest BCUT2D eigenvalue weighted by molar-refractivity contribution is 0.226. The Kier molecular flexibility index (Phi) is 6.98. The van der Waals surface area contributed by atoms with Crippen LogP contribution in [0.1, 0.15) is 39.0 Å². The van der Waals surface area contributed by atoms with E-state index >= 15 is 0 Å². The van der Waals surface area contributed by atoms with Gasteiger partial charge in [0, 0.05) is 19.1 Å². The summed E-state index contributed by atoms with van der Waals surface area (Å²) in [5, 5.41) is 3.57. The molecule has 90 valence electrons. The summed E-state index contributed by atoms with van der Waals surface area (Å²) in [6.45, 7) is 8.03. The van der Waals surface area contributed by atoms with Gasteiger partial charge in [-0.1, -0.05) is 6.42 Å². The van der Waals surface area contributed by atoms with Gasteiger partial charge in [0.25, 0.3) is 0 Å². The third-order valence-electron chi connectivity index (χ3n) is 3.21. The molecule has 0 aromatic carbocycles. The molecule has 3 nitrogen and oxygen atoms in total.